The van der Waals surface area contributed by atoms with Crippen LogP contribution in [-0.2, 0) is 52.7 Å². The van der Waals surface area contributed by atoms with E-state index in [1.165, 1.54) is 0 Å². The van der Waals surface area contributed by atoms with Crippen LogP contribution in [0.4, 0.5) is 0 Å². The Morgan fingerprint density at radius 1 is 0.603 bits per heavy atom. The summed E-state index contributed by atoms with van der Waals surface area (Å²) in [5.74, 6) is -9.94. The van der Waals surface area contributed by atoms with Gasteiger partial charge in [-0.1, -0.05) is 0 Å². The van der Waals surface area contributed by atoms with E-state index in [0.717, 1.165) is 4.90 Å². The molecule has 1 aliphatic heterocycles. The van der Waals surface area contributed by atoms with Gasteiger partial charge in [0, 0.05) is 13.0 Å². The molecule has 58 heavy (non-hydrogen) atoms. The first-order valence-electron chi connectivity index (χ1n) is 18.2. The number of nitrogens with one attached hydrogen (secondary N) is 8. The van der Waals surface area contributed by atoms with Gasteiger partial charge in [-0.25, -0.2) is 4.79 Å². The molecule has 26 heteroatoms. The van der Waals surface area contributed by atoms with E-state index in [2.05, 4.69) is 42.5 Å². The Morgan fingerprint density at radius 3 is 1.59 bits per heavy atom. The molecule has 1 aliphatic rings. The summed E-state index contributed by atoms with van der Waals surface area (Å²) in [5.41, 5.74) is 15.9. The minimum atomic E-state index is -1.63. The Labute approximate surface area is 331 Å². The quantitative estimate of drug-likeness (QED) is 0.0342. The highest BCUT2D eigenvalue weighted by atomic mass is 16.4. The predicted molar refractivity (Wildman–Crippen MR) is 197 cm³/mol. The highest BCUT2D eigenvalue weighted by Crippen LogP contribution is 2.20. The van der Waals surface area contributed by atoms with Gasteiger partial charge in [0.25, 0.3) is 0 Å². The minimum absolute atomic E-state index is 0.0952. The molecule has 0 saturated carbocycles. The van der Waals surface area contributed by atoms with Crippen LogP contribution >= 0.6 is 0 Å². The number of carboxylic acid groups (broad SMARTS) is 1. The van der Waals surface area contributed by atoms with Gasteiger partial charge in [0.1, 0.15) is 30.2 Å². The lowest BCUT2D eigenvalue weighted by atomic mass is 10.0. The molecule has 1 saturated heterocycles. The zero-order chi connectivity index (χ0) is 43.8. The lowest BCUT2D eigenvalue weighted by Crippen LogP contribution is -2.57. The molecule has 0 radical (unpaired) electrons. The fourth-order valence-electron chi connectivity index (χ4n) is 5.26. The molecule has 0 unspecified atom stereocenters. The molecule has 0 aromatic carbocycles. The van der Waals surface area contributed by atoms with Crippen LogP contribution in [0.1, 0.15) is 44.9 Å². The fourth-order valence-corrected chi connectivity index (χ4v) is 5.26. The second-order valence-corrected chi connectivity index (χ2v) is 12.8. The fraction of sp³-hybridized carbons (Fsp3) is 0.656. The molecular weight excluding hydrogens is 776 g/mol. The number of aliphatic hydroxyl groups is 2. The summed E-state index contributed by atoms with van der Waals surface area (Å²) < 4.78 is 0. The van der Waals surface area contributed by atoms with Gasteiger partial charge < -0.3 is 80.0 Å². The number of aliphatic hydroxyl groups excluding tert-OH is 2. The SMILES string of the molecule is NCCCC[C@H](NC(=O)[C@H](CCC(N)=O)NC(=O)CNC(=O)[C@H](CO)NC(=O)CNC(=O)CNC(=O)[C@H](CO)NC(=O)CNC(=O)CN)C(=O)N1CCC[C@H]1C(=O)O. The zero-order valence-electron chi connectivity index (χ0n) is 31.7. The average Bonchev–Trinajstić information content (AvgIpc) is 3.70. The number of carboxylic acids is 1. The maximum atomic E-state index is 13.4. The summed E-state index contributed by atoms with van der Waals surface area (Å²) in [7, 11) is 0. The van der Waals surface area contributed by atoms with Crippen molar-refractivity contribution in [3.63, 3.8) is 0 Å². The molecule has 1 rings (SSSR count). The van der Waals surface area contributed by atoms with E-state index in [-0.39, 0.29) is 45.3 Å². The molecule has 0 aromatic rings. The van der Waals surface area contributed by atoms with Crippen LogP contribution in [0.2, 0.25) is 0 Å². The van der Waals surface area contributed by atoms with Gasteiger partial charge in [0.15, 0.2) is 0 Å². The number of carbonyl (C=O) groups is 11. The number of likely N-dealkylation sites (tertiary alicyclic amines) is 1. The first-order valence-corrected chi connectivity index (χ1v) is 18.2. The van der Waals surface area contributed by atoms with Crippen molar-refractivity contribution < 1.29 is 68.1 Å². The van der Waals surface area contributed by atoms with Crippen molar-refractivity contribution in [3.8, 4) is 0 Å². The second kappa shape index (κ2) is 26.8. The average molecular weight is 831 g/mol. The number of nitrogens with zero attached hydrogens (tertiary/aromatic N) is 1. The second-order valence-electron chi connectivity index (χ2n) is 12.8. The van der Waals surface area contributed by atoms with Gasteiger partial charge in [-0.15, -0.1) is 0 Å². The minimum Gasteiger partial charge on any atom is -0.480 e. The first kappa shape index (κ1) is 50.0. The van der Waals surface area contributed by atoms with E-state index in [4.69, 9.17) is 17.2 Å². The molecule has 1 heterocycles. The molecule has 10 amide bonds. The Hall–Kier alpha value is -5.99. The highest BCUT2D eigenvalue weighted by molar-refractivity contribution is 5.96. The number of amides is 10. The van der Waals surface area contributed by atoms with Crippen molar-refractivity contribution >= 4 is 65.0 Å². The number of primary amides is 1. The van der Waals surface area contributed by atoms with Crippen LogP contribution < -0.4 is 59.7 Å². The maximum absolute atomic E-state index is 13.4. The third kappa shape index (κ3) is 18.8. The van der Waals surface area contributed by atoms with E-state index < -0.39 is 135 Å². The Bertz CT molecular complexity index is 1500. The predicted octanol–water partition coefficient (Wildman–Crippen LogP) is -9.20. The van der Waals surface area contributed by atoms with E-state index in [9.17, 15) is 68.1 Å². The van der Waals surface area contributed by atoms with Crippen molar-refractivity contribution in [1.29, 1.82) is 0 Å². The number of carbonyl (C=O) groups excluding carboxylic acids is 10. The molecule has 0 bridgehead atoms. The largest absolute Gasteiger partial charge is 0.480 e. The van der Waals surface area contributed by atoms with Crippen molar-refractivity contribution in [2.24, 2.45) is 17.2 Å². The molecule has 0 aliphatic carbocycles. The number of hydrogen-bond donors (Lipinski definition) is 14. The molecule has 5 atom stereocenters. The Balaban J connectivity index is 2.72. The summed E-state index contributed by atoms with van der Waals surface area (Å²) in [6, 6.07) is -6.83. The van der Waals surface area contributed by atoms with Crippen LogP contribution in [0.3, 0.4) is 0 Å². The van der Waals surface area contributed by atoms with Gasteiger partial charge in [-0.3, -0.25) is 47.9 Å². The van der Waals surface area contributed by atoms with Crippen molar-refractivity contribution in [3.05, 3.63) is 0 Å². The number of unbranched alkanes of at least 4 members (excludes halogenated alkanes) is 1. The van der Waals surface area contributed by atoms with Gasteiger partial charge in [0.05, 0.1) is 45.9 Å². The molecule has 326 valence electrons. The molecular formula is C32H54N12O14. The Kier molecular flexibility index (Phi) is 23.1. The van der Waals surface area contributed by atoms with Crippen LogP contribution in [0.25, 0.3) is 0 Å². The monoisotopic (exact) mass is 830 g/mol. The van der Waals surface area contributed by atoms with Crippen LogP contribution in [-0.4, -0.2) is 174 Å². The highest BCUT2D eigenvalue weighted by Gasteiger charge is 2.38. The van der Waals surface area contributed by atoms with Crippen molar-refractivity contribution in [1.82, 2.24) is 47.4 Å². The summed E-state index contributed by atoms with van der Waals surface area (Å²) >= 11 is 0. The van der Waals surface area contributed by atoms with Crippen molar-refractivity contribution in [2.45, 2.75) is 75.2 Å². The number of aliphatic carboxylic acids is 1. The molecule has 0 spiro atoms. The van der Waals surface area contributed by atoms with E-state index in [1.54, 1.807) is 0 Å². The molecule has 17 N–H and O–H groups in total. The topological polar surface area (TPSA) is 426 Å². The van der Waals surface area contributed by atoms with E-state index >= 15 is 0 Å². The zero-order valence-corrected chi connectivity index (χ0v) is 31.7. The molecule has 1 fully saturated rings. The van der Waals surface area contributed by atoms with Gasteiger partial charge in [0.2, 0.25) is 59.1 Å². The number of hydrogen-bond acceptors (Lipinski definition) is 15. The van der Waals surface area contributed by atoms with Gasteiger partial charge in [-0.2, -0.15) is 0 Å². The number of rotatable bonds is 27. The number of nitrogens with two attached hydrogens (primary N) is 3. The standard InChI is InChI=1S/C32H54N12O14/c33-8-2-1-4-18(31(56)44-9-3-5-21(44)32(57)58)43-30(55)17(6-7-22(35)47)40-27(52)14-39-29(54)20(16-46)42-26(51)13-37-24(49)11-38-28(53)19(15-45)41-25(50)12-36-23(48)10-34/h17-21,45-46H,1-16,33-34H2,(H2,35,47)(H,36,48)(H,37,49)(H,38,53)(H,39,54)(H,40,52)(H,41,50)(H,42,51)(H,43,55)(H,57,58)/t17-,18-,19-,20-,21-/m0/s1. The van der Waals surface area contributed by atoms with Crippen LogP contribution in [0.15, 0.2) is 0 Å². The van der Waals surface area contributed by atoms with Crippen molar-refractivity contribution in [2.75, 3.05) is 59.0 Å². The molecule has 0 aromatic heterocycles. The van der Waals surface area contributed by atoms with Crippen LogP contribution in [0, 0.1) is 0 Å². The van der Waals surface area contributed by atoms with E-state index in [1.807, 2.05) is 0 Å². The Morgan fingerprint density at radius 2 is 1.10 bits per heavy atom. The normalized spacial score (nSPS) is 15.3. The third-order valence-electron chi connectivity index (χ3n) is 8.31. The lowest BCUT2D eigenvalue weighted by Gasteiger charge is -2.29. The smallest absolute Gasteiger partial charge is 0.326 e. The summed E-state index contributed by atoms with van der Waals surface area (Å²) in [5, 5.41) is 46.2. The van der Waals surface area contributed by atoms with Gasteiger partial charge >= 0.3 is 5.97 Å². The summed E-state index contributed by atoms with van der Waals surface area (Å²) in [4.78, 5) is 136. The van der Waals surface area contributed by atoms with Crippen LogP contribution in [0.5, 0.6) is 0 Å². The third-order valence-corrected chi connectivity index (χ3v) is 8.31. The maximum Gasteiger partial charge on any atom is 0.326 e. The lowest BCUT2D eigenvalue weighted by molar-refractivity contribution is -0.149. The molecule has 26 nitrogen and oxygen atoms in total. The van der Waals surface area contributed by atoms with E-state index in [0.29, 0.717) is 19.3 Å². The summed E-state index contributed by atoms with van der Waals surface area (Å²) in [6.45, 7) is -4.56. The summed E-state index contributed by atoms with van der Waals surface area (Å²) in [6.07, 6.45) is 0.962. The first-order chi connectivity index (χ1) is 27.5. The van der Waals surface area contributed by atoms with Gasteiger partial charge in [-0.05, 0) is 45.1 Å².